The van der Waals surface area contributed by atoms with E-state index in [0.29, 0.717) is 35.2 Å². The summed E-state index contributed by atoms with van der Waals surface area (Å²) in [6, 6.07) is 11.5. The average Bonchev–Trinajstić information content (AvgIpc) is 2.88. The number of anilines is 1. The van der Waals surface area contributed by atoms with E-state index in [4.69, 9.17) is 4.42 Å². The lowest BCUT2D eigenvalue weighted by Gasteiger charge is -2.05. The first-order valence-electron chi connectivity index (χ1n) is 7.28. The van der Waals surface area contributed by atoms with Crippen molar-refractivity contribution in [3.05, 3.63) is 64.4 Å². The molecule has 1 aromatic heterocycles. The standard InChI is InChI=1S/C17H15FN2O3/c18-13-6-2-1-4-11(13)5-3-7-16(21)19-12-8-9-14-15(10-12)23-17(22)20-14/h1-2,4,6,8-10H,3,5,7H2,(H,19,21)(H,20,22). The van der Waals surface area contributed by atoms with Gasteiger partial charge in [-0.3, -0.25) is 9.78 Å². The first kappa shape index (κ1) is 15.0. The molecule has 0 atom stereocenters. The number of carbonyl (C=O) groups is 1. The topological polar surface area (TPSA) is 75.1 Å². The molecule has 0 fully saturated rings. The zero-order chi connectivity index (χ0) is 16.2. The molecule has 2 aromatic carbocycles. The van der Waals surface area contributed by atoms with Crippen molar-refractivity contribution in [3.63, 3.8) is 0 Å². The summed E-state index contributed by atoms with van der Waals surface area (Å²) in [5, 5.41) is 2.74. The lowest BCUT2D eigenvalue weighted by molar-refractivity contribution is -0.116. The zero-order valence-corrected chi connectivity index (χ0v) is 12.3. The lowest BCUT2D eigenvalue weighted by atomic mass is 10.1. The third-order valence-corrected chi connectivity index (χ3v) is 3.51. The number of aryl methyl sites for hydroxylation is 1. The maximum absolute atomic E-state index is 13.5. The van der Waals surface area contributed by atoms with Crippen molar-refractivity contribution in [2.45, 2.75) is 19.3 Å². The van der Waals surface area contributed by atoms with Crippen molar-refractivity contribution >= 4 is 22.7 Å². The second-order valence-electron chi connectivity index (χ2n) is 5.22. The van der Waals surface area contributed by atoms with Gasteiger partial charge in [-0.15, -0.1) is 0 Å². The van der Waals surface area contributed by atoms with E-state index in [1.807, 2.05) is 0 Å². The van der Waals surface area contributed by atoms with Crippen LogP contribution in [0.4, 0.5) is 10.1 Å². The average molecular weight is 314 g/mol. The van der Waals surface area contributed by atoms with Crippen LogP contribution in [0.25, 0.3) is 11.1 Å². The highest BCUT2D eigenvalue weighted by Crippen LogP contribution is 2.17. The van der Waals surface area contributed by atoms with E-state index in [0.717, 1.165) is 0 Å². The number of hydrogen-bond acceptors (Lipinski definition) is 3. The van der Waals surface area contributed by atoms with E-state index in [1.165, 1.54) is 6.07 Å². The molecule has 0 saturated heterocycles. The number of nitrogens with one attached hydrogen (secondary N) is 2. The molecule has 2 N–H and O–H groups in total. The van der Waals surface area contributed by atoms with Crippen LogP contribution in [0.2, 0.25) is 0 Å². The monoisotopic (exact) mass is 314 g/mol. The van der Waals surface area contributed by atoms with E-state index in [2.05, 4.69) is 10.3 Å². The number of oxazole rings is 1. The third-order valence-electron chi connectivity index (χ3n) is 3.51. The molecule has 23 heavy (non-hydrogen) atoms. The van der Waals surface area contributed by atoms with Crippen molar-refractivity contribution < 1.29 is 13.6 Å². The minimum absolute atomic E-state index is 0.168. The summed E-state index contributed by atoms with van der Waals surface area (Å²) in [6.45, 7) is 0. The van der Waals surface area contributed by atoms with E-state index in [9.17, 15) is 14.0 Å². The Morgan fingerprint density at radius 2 is 2.04 bits per heavy atom. The number of aromatic amines is 1. The number of amides is 1. The van der Waals surface area contributed by atoms with Crippen molar-refractivity contribution in [2.24, 2.45) is 0 Å². The fourth-order valence-corrected chi connectivity index (χ4v) is 2.39. The maximum atomic E-state index is 13.5. The molecule has 6 heteroatoms. The van der Waals surface area contributed by atoms with Gasteiger partial charge in [-0.25, -0.2) is 9.18 Å². The second-order valence-corrected chi connectivity index (χ2v) is 5.22. The minimum Gasteiger partial charge on any atom is -0.408 e. The predicted molar refractivity (Wildman–Crippen MR) is 84.8 cm³/mol. The zero-order valence-electron chi connectivity index (χ0n) is 12.3. The summed E-state index contributed by atoms with van der Waals surface area (Å²) >= 11 is 0. The maximum Gasteiger partial charge on any atom is 0.417 e. The van der Waals surface area contributed by atoms with Gasteiger partial charge in [0.25, 0.3) is 0 Å². The van der Waals surface area contributed by atoms with Crippen LogP contribution in [0.5, 0.6) is 0 Å². The molecule has 0 unspecified atom stereocenters. The molecule has 0 bridgehead atoms. The van der Waals surface area contributed by atoms with Crippen LogP contribution < -0.4 is 11.1 Å². The largest absolute Gasteiger partial charge is 0.417 e. The normalized spacial score (nSPS) is 10.8. The first-order chi connectivity index (χ1) is 11.1. The SMILES string of the molecule is O=C(CCCc1ccccc1F)Nc1ccc2[nH]c(=O)oc2c1. The van der Waals surface area contributed by atoms with Gasteiger partial charge in [-0.2, -0.15) is 0 Å². The van der Waals surface area contributed by atoms with Crippen LogP contribution in [-0.4, -0.2) is 10.9 Å². The van der Waals surface area contributed by atoms with E-state index in [1.54, 1.807) is 36.4 Å². The number of hydrogen-bond donors (Lipinski definition) is 2. The number of aromatic nitrogens is 1. The Bertz CT molecular complexity index is 898. The second kappa shape index (κ2) is 6.48. The van der Waals surface area contributed by atoms with Gasteiger partial charge < -0.3 is 9.73 Å². The molecule has 3 rings (SSSR count). The quantitative estimate of drug-likeness (QED) is 0.759. The van der Waals surface area contributed by atoms with E-state index >= 15 is 0 Å². The molecule has 0 aliphatic rings. The van der Waals surface area contributed by atoms with Gasteiger partial charge in [0.2, 0.25) is 5.91 Å². The highest BCUT2D eigenvalue weighted by Gasteiger charge is 2.07. The van der Waals surface area contributed by atoms with Gasteiger partial charge in [0, 0.05) is 18.2 Å². The number of carbonyl (C=O) groups excluding carboxylic acids is 1. The minimum atomic E-state index is -0.534. The van der Waals surface area contributed by atoms with Crippen molar-refractivity contribution in [1.82, 2.24) is 4.98 Å². The van der Waals surface area contributed by atoms with E-state index in [-0.39, 0.29) is 18.1 Å². The summed E-state index contributed by atoms with van der Waals surface area (Å²) in [6.07, 6.45) is 1.34. The van der Waals surface area contributed by atoms with Crippen molar-refractivity contribution in [2.75, 3.05) is 5.32 Å². The molecular formula is C17H15FN2O3. The molecule has 0 aliphatic carbocycles. The van der Waals surface area contributed by atoms with Crippen molar-refractivity contribution in [1.29, 1.82) is 0 Å². The molecule has 0 radical (unpaired) electrons. The van der Waals surface area contributed by atoms with Crippen LogP contribution >= 0.6 is 0 Å². The molecular weight excluding hydrogens is 299 g/mol. The highest BCUT2D eigenvalue weighted by molar-refractivity contribution is 5.92. The van der Waals surface area contributed by atoms with Gasteiger partial charge in [0.05, 0.1) is 5.52 Å². The Labute approximate surface area is 131 Å². The van der Waals surface area contributed by atoms with Crippen LogP contribution in [0.15, 0.2) is 51.7 Å². The Hall–Kier alpha value is -2.89. The van der Waals surface area contributed by atoms with Crippen LogP contribution in [-0.2, 0) is 11.2 Å². The molecule has 0 saturated carbocycles. The molecule has 118 valence electrons. The number of H-pyrrole nitrogens is 1. The fraction of sp³-hybridized carbons (Fsp3) is 0.176. The summed E-state index contributed by atoms with van der Waals surface area (Å²) in [4.78, 5) is 25.5. The molecule has 0 spiro atoms. The van der Waals surface area contributed by atoms with Gasteiger partial charge >= 0.3 is 5.76 Å². The number of benzene rings is 2. The summed E-state index contributed by atoms with van der Waals surface area (Å²) in [5.74, 6) is -0.951. The Morgan fingerprint density at radius 1 is 1.22 bits per heavy atom. The molecule has 3 aromatic rings. The summed E-state index contributed by atoms with van der Waals surface area (Å²) in [5.41, 5.74) is 2.12. The van der Waals surface area contributed by atoms with Crippen LogP contribution in [0, 0.1) is 5.82 Å². The summed E-state index contributed by atoms with van der Waals surface area (Å²) < 4.78 is 18.4. The van der Waals surface area contributed by atoms with Gasteiger partial charge in [-0.1, -0.05) is 18.2 Å². The molecule has 1 amide bonds. The molecule has 5 nitrogen and oxygen atoms in total. The summed E-state index contributed by atoms with van der Waals surface area (Å²) in [7, 11) is 0. The number of rotatable bonds is 5. The number of halogens is 1. The Balaban J connectivity index is 1.56. The molecule has 0 aliphatic heterocycles. The molecule has 1 heterocycles. The van der Waals surface area contributed by atoms with Crippen LogP contribution in [0.1, 0.15) is 18.4 Å². The smallest absolute Gasteiger partial charge is 0.408 e. The Morgan fingerprint density at radius 3 is 2.87 bits per heavy atom. The fourth-order valence-electron chi connectivity index (χ4n) is 2.39. The predicted octanol–water partition coefficient (Wildman–Crippen LogP) is 3.22. The van der Waals surface area contributed by atoms with E-state index < -0.39 is 5.76 Å². The first-order valence-corrected chi connectivity index (χ1v) is 7.28. The number of fused-ring (bicyclic) bond motifs is 1. The highest BCUT2D eigenvalue weighted by atomic mass is 19.1. The van der Waals surface area contributed by atoms with Gasteiger partial charge in [0.1, 0.15) is 5.82 Å². The Kier molecular flexibility index (Phi) is 4.23. The third kappa shape index (κ3) is 3.66. The van der Waals surface area contributed by atoms with Gasteiger partial charge in [-0.05, 0) is 36.6 Å². The van der Waals surface area contributed by atoms with Crippen molar-refractivity contribution in [3.8, 4) is 0 Å². The van der Waals surface area contributed by atoms with Gasteiger partial charge in [0.15, 0.2) is 5.58 Å². The van der Waals surface area contributed by atoms with Crippen LogP contribution in [0.3, 0.4) is 0 Å². The lowest BCUT2D eigenvalue weighted by Crippen LogP contribution is -2.11.